The SMILES string of the molecule is CCCN1c2ccccc2C[C@@H]1C. The van der Waals surface area contributed by atoms with Crippen molar-refractivity contribution in [3.8, 4) is 0 Å². The van der Waals surface area contributed by atoms with Crippen LogP contribution in [0.25, 0.3) is 0 Å². The van der Waals surface area contributed by atoms with Gasteiger partial charge in [0, 0.05) is 18.3 Å². The van der Waals surface area contributed by atoms with Crippen molar-refractivity contribution < 1.29 is 0 Å². The number of nitrogens with zero attached hydrogens (tertiary/aromatic N) is 1. The summed E-state index contributed by atoms with van der Waals surface area (Å²) in [6.45, 7) is 5.75. The first-order chi connectivity index (χ1) is 6.33. The molecule has 0 unspecified atom stereocenters. The van der Waals surface area contributed by atoms with Crippen molar-refractivity contribution in [3.05, 3.63) is 29.8 Å². The van der Waals surface area contributed by atoms with Crippen molar-refractivity contribution in [2.75, 3.05) is 11.4 Å². The van der Waals surface area contributed by atoms with Gasteiger partial charge in [0.05, 0.1) is 0 Å². The summed E-state index contributed by atoms with van der Waals surface area (Å²) >= 11 is 0. The molecule has 1 aromatic carbocycles. The van der Waals surface area contributed by atoms with Gasteiger partial charge in [-0.1, -0.05) is 25.1 Å². The van der Waals surface area contributed by atoms with E-state index in [1.165, 1.54) is 30.6 Å². The van der Waals surface area contributed by atoms with Crippen LogP contribution in [-0.2, 0) is 6.42 Å². The molecule has 0 saturated heterocycles. The fourth-order valence-corrected chi connectivity index (χ4v) is 2.21. The fourth-order valence-electron chi connectivity index (χ4n) is 2.21. The van der Waals surface area contributed by atoms with Gasteiger partial charge in [-0.05, 0) is 31.4 Å². The summed E-state index contributed by atoms with van der Waals surface area (Å²) in [6, 6.07) is 9.47. The van der Waals surface area contributed by atoms with Crippen LogP contribution in [0.2, 0.25) is 0 Å². The Morgan fingerprint density at radius 3 is 2.92 bits per heavy atom. The molecule has 1 heteroatoms. The Bertz CT molecular complexity index is 293. The lowest BCUT2D eigenvalue weighted by atomic mass is 10.1. The van der Waals surface area contributed by atoms with Gasteiger partial charge in [0.2, 0.25) is 0 Å². The molecule has 1 nitrogen and oxygen atoms in total. The molecule has 1 heterocycles. The van der Waals surface area contributed by atoms with E-state index in [2.05, 4.69) is 43.0 Å². The average molecular weight is 175 g/mol. The number of fused-ring (bicyclic) bond motifs is 1. The van der Waals surface area contributed by atoms with Crippen LogP contribution in [0, 0.1) is 0 Å². The molecule has 0 radical (unpaired) electrons. The monoisotopic (exact) mass is 175 g/mol. The first kappa shape index (κ1) is 8.61. The van der Waals surface area contributed by atoms with Gasteiger partial charge in [-0.2, -0.15) is 0 Å². The second-order valence-electron chi connectivity index (χ2n) is 3.88. The highest BCUT2D eigenvalue weighted by molar-refractivity contribution is 5.59. The maximum absolute atomic E-state index is 2.52. The molecule has 1 aromatic rings. The first-order valence-corrected chi connectivity index (χ1v) is 5.17. The molecule has 13 heavy (non-hydrogen) atoms. The van der Waals surface area contributed by atoms with E-state index in [0.29, 0.717) is 6.04 Å². The van der Waals surface area contributed by atoms with Crippen molar-refractivity contribution in [1.29, 1.82) is 0 Å². The zero-order valence-electron chi connectivity index (χ0n) is 8.46. The number of hydrogen-bond acceptors (Lipinski definition) is 1. The van der Waals surface area contributed by atoms with Crippen LogP contribution in [0.4, 0.5) is 5.69 Å². The van der Waals surface area contributed by atoms with Gasteiger partial charge in [0.25, 0.3) is 0 Å². The number of benzene rings is 1. The second kappa shape index (κ2) is 3.41. The summed E-state index contributed by atoms with van der Waals surface area (Å²) in [5.74, 6) is 0. The smallest absolute Gasteiger partial charge is 0.0402 e. The van der Waals surface area contributed by atoms with Crippen molar-refractivity contribution in [2.24, 2.45) is 0 Å². The van der Waals surface area contributed by atoms with Crippen molar-refractivity contribution in [1.82, 2.24) is 0 Å². The van der Waals surface area contributed by atoms with E-state index in [0.717, 1.165) is 0 Å². The van der Waals surface area contributed by atoms with E-state index in [9.17, 15) is 0 Å². The van der Waals surface area contributed by atoms with Crippen LogP contribution in [0.1, 0.15) is 25.8 Å². The quantitative estimate of drug-likeness (QED) is 0.668. The van der Waals surface area contributed by atoms with E-state index in [4.69, 9.17) is 0 Å². The van der Waals surface area contributed by atoms with Gasteiger partial charge in [0.1, 0.15) is 0 Å². The minimum Gasteiger partial charge on any atom is -0.368 e. The lowest BCUT2D eigenvalue weighted by Crippen LogP contribution is -2.29. The Hall–Kier alpha value is -0.980. The Morgan fingerprint density at radius 1 is 1.38 bits per heavy atom. The summed E-state index contributed by atoms with van der Waals surface area (Å²) < 4.78 is 0. The highest BCUT2D eigenvalue weighted by Gasteiger charge is 2.23. The molecule has 0 N–H and O–H groups in total. The van der Waals surface area contributed by atoms with Crippen molar-refractivity contribution in [2.45, 2.75) is 32.7 Å². The molecule has 1 aliphatic rings. The maximum Gasteiger partial charge on any atom is 0.0402 e. The topological polar surface area (TPSA) is 3.24 Å². The van der Waals surface area contributed by atoms with Crippen molar-refractivity contribution >= 4 is 5.69 Å². The molecule has 70 valence electrons. The summed E-state index contributed by atoms with van der Waals surface area (Å²) in [4.78, 5) is 2.52. The molecule has 0 saturated carbocycles. The molecule has 0 amide bonds. The van der Waals surface area contributed by atoms with Gasteiger partial charge in [-0.25, -0.2) is 0 Å². The Balaban J connectivity index is 2.29. The highest BCUT2D eigenvalue weighted by atomic mass is 15.2. The molecular formula is C12H17N. The van der Waals surface area contributed by atoms with E-state index in [-0.39, 0.29) is 0 Å². The van der Waals surface area contributed by atoms with Crippen LogP contribution >= 0.6 is 0 Å². The predicted molar refractivity (Wildman–Crippen MR) is 57.2 cm³/mol. The summed E-state index contributed by atoms with van der Waals surface area (Å²) in [6.07, 6.45) is 2.45. The third-order valence-corrected chi connectivity index (χ3v) is 2.81. The molecule has 0 aliphatic carbocycles. The largest absolute Gasteiger partial charge is 0.368 e. The summed E-state index contributed by atoms with van der Waals surface area (Å²) in [7, 11) is 0. The first-order valence-electron chi connectivity index (χ1n) is 5.17. The Labute approximate surface area is 80.4 Å². The molecule has 0 bridgehead atoms. The predicted octanol–water partition coefficient (Wildman–Crippen LogP) is 2.85. The fraction of sp³-hybridized carbons (Fsp3) is 0.500. The van der Waals surface area contributed by atoms with Crippen LogP contribution < -0.4 is 4.90 Å². The van der Waals surface area contributed by atoms with E-state index < -0.39 is 0 Å². The third kappa shape index (κ3) is 1.43. The third-order valence-electron chi connectivity index (χ3n) is 2.81. The zero-order valence-corrected chi connectivity index (χ0v) is 8.46. The van der Waals surface area contributed by atoms with E-state index in [1.54, 1.807) is 0 Å². The van der Waals surface area contributed by atoms with E-state index in [1.807, 2.05) is 0 Å². The standard InChI is InChI=1S/C12H17N/c1-3-8-13-10(2)9-11-6-4-5-7-12(11)13/h4-7,10H,3,8-9H2,1-2H3/t10-/m0/s1. The number of rotatable bonds is 2. The molecule has 2 rings (SSSR count). The Kier molecular flexibility index (Phi) is 2.26. The maximum atomic E-state index is 2.52. The Morgan fingerprint density at radius 2 is 2.15 bits per heavy atom. The number of para-hydroxylation sites is 1. The van der Waals surface area contributed by atoms with E-state index >= 15 is 0 Å². The minimum atomic E-state index is 0.692. The molecule has 1 aliphatic heterocycles. The van der Waals surface area contributed by atoms with Crippen LogP contribution in [0.15, 0.2) is 24.3 Å². The van der Waals surface area contributed by atoms with Crippen LogP contribution in [0.5, 0.6) is 0 Å². The van der Waals surface area contributed by atoms with Gasteiger partial charge in [-0.3, -0.25) is 0 Å². The lowest BCUT2D eigenvalue weighted by molar-refractivity contribution is 0.663. The van der Waals surface area contributed by atoms with Crippen LogP contribution in [-0.4, -0.2) is 12.6 Å². The van der Waals surface area contributed by atoms with Gasteiger partial charge in [-0.15, -0.1) is 0 Å². The minimum absolute atomic E-state index is 0.692. The number of hydrogen-bond donors (Lipinski definition) is 0. The highest BCUT2D eigenvalue weighted by Crippen LogP contribution is 2.31. The molecule has 0 spiro atoms. The second-order valence-corrected chi connectivity index (χ2v) is 3.88. The van der Waals surface area contributed by atoms with Gasteiger partial charge >= 0.3 is 0 Å². The molecule has 0 fully saturated rings. The summed E-state index contributed by atoms with van der Waals surface area (Å²) in [5.41, 5.74) is 2.97. The lowest BCUT2D eigenvalue weighted by Gasteiger charge is -2.23. The van der Waals surface area contributed by atoms with Crippen LogP contribution in [0.3, 0.4) is 0 Å². The average Bonchev–Trinajstić information content (AvgIpc) is 2.44. The zero-order chi connectivity index (χ0) is 9.26. The summed E-state index contributed by atoms with van der Waals surface area (Å²) in [5, 5.41) is 0. The molecular weight excluding hydrogens is 158 g/mol. The number of anilines is 1. The molecule has 0 aromatic heterocycles. The van der Waals surface area contributed by atoms with Gasteiger partial charge in [0.15, 0.2) is 0 Å². The van der Waals surface area contributed by atoms with Gasteiger partial charge < -0.3 is 4.90 Å². The molecule has 1 atom stereocenters. The normalized spacial score (nSPS) is 20.5. The van der Waals surface area contributed by atoms with Crippen molar-refractivity contribution in [3.63, 3.8) is 0 Å².